The fraction of sp³-hybridized carbons (Fsp3) is 1.00. The molecule has 0 aromatic heterocycles. The van der Waals surface area contributed by atoms with Gasteiger partial charge < -0.3 is 20.7 Å². The molecule has 0 bridgehead atoms. The standard InChI is InChI=1S/C6H12FNO3/c1-2-4(8)5(9)3(7)6(10)11-2/h2-6,9-10H,8H2,1H3/t2-,3-,4-,5-,6+/m1/s1. The van der Waals surface area contributed by atoms with Gasteiger partial charge in [-0.25, -0.2) is 4.39 Å². The molecular weight excluding hydrogens is 153 g/mol. The highest BCUT2D eigenvalue weighted by molar-refractivity contribution is 4.89. The molecule has 11 heavy (non-hydrogen) atoms. The Hall–Kier alpha value is -0.230. The minimum Gasteiger partial charge on any atom is -0.388 e. The van der Waals surface area contributed by atoms with Crippen LogP contribution in [0.2, 0.25) is 0 Å². The van der Waals surface area contributed by atoms with Crippen LogP contribution in [0.3, 0.4) is 0 Å². The summed E-state index contributed by atoms with van der Waals surface area (Å²) in [5.41, 5.74) is 5.35. The van der Waals surface area contributed by atoms with Crippen LogP contribution in [0.5, 0.6) is 0 Å². The molecule has 66 valence electrons. The number of alkyl halides is 1. The molecule has 0 aliphatic carbocycles. The lowest BCUT2D eigenvalue weighted by Crippen LogP contribution is -2.58. The highest BCUT2D eigenvalue weighted by Gasteiger charge is 2.41. The number of hydrogen-bond donors (Lipinski definition) is 3. The Bertz CT molecular complexity index is 132. The first-order chi connectivity index (χ1) is 5.04. The first-order valence-corrected chi connectivity index (χ1v) is 3.45. The minimum atomic E-state index is -1.80. The number of nitrogens with two attached hydrogens (primary N) is 1. The molecule has 1 fully saturated rings. The summed E-state index contributed by atoms with van der Waals surface area (Å²) in [5, 5.41) is 17.9. The highest BCUT2D eigenvalue weighted by Crippen LogP contribution is 2.20. The van der Waals surface area contributed by atoms with Gasteiger partial charge in [0.1, 0.15) is 6.10 Å². The van der Waals surface area contributed by atoms with Gasteiger partial charge in [-0.1, -0.05) is 0 Å². The van der Waals surface area contributed by atoms with Crippen molar-refractivity contribution in [2.24, 2.45) is 5.73 Å². The van der Waals surface area contributed by atoms with E-state index in [-0.39, 0.29) is 0 Å². The summed E-state index contributed by atoms with van der Waals surface area (Å²) in [4.78, 5) is 0. The van der Waals surface area contributed by atoms with E-state index in [9.17, 15) is 4.39 Å². The smallest absolute Gasteiger partial charge is 0.189 e. The maximum Gasteiger partial charge on any atom is 0.189 e. The van der Waals surface area contributed by atoms with E-state index < -0.39 is 30.7 Å². The van der Waals surface area contributed by atoms with E-state index in [2.05, 4.69) is 4.74 Å². The molecule has 1 saturated heterocycles. The maximum atomic E-state index is 12.7. The number of hydrogen-bond acceptors (Lipinski definition) is 4. The lowest BCUT2D eigenvalue weighted by molar-refractivity contribution is -0.230. The highest BCUT2D eigenvalue weighted by atomic mass is 19.1. The van der Waals surface area contributed by atoms with Crippen LogP contribution in [0.15, 0.2) is 0 Å². The van der Waals surface area contributed by atoms with E-state index in [0.29, 0.717) is 0 Å². The van der Waals surface area contributed by atoms with Gasteiger partial charge in [0.25, 0.3) is 0 Å². The number of aliphatic hydroxyl groups excluding tert-OH is 2. The molecule has 1 aliphatic heterocycles. The third-order valence-corrected chi connectivity index (χ3v) is 1.89. The monoisotopic (exact) mass is 165 g/mol. The van der Waals surface area contributed by atoms with Gasteiger partial charge in [-0.15, -0.1) is 0 Å². The Balaban J connectivity index is 2.63. The van der Waals surface area contributed by atoms with Crippen molar-refractivity contribution >= 4 is 0 Å². The minimum absolute atomic E-state index is 0.521. The first-order valence-electron chi connectivity index (χ1n) is 3.45. The van der Waals surface area contributed by atoms with E-state index in [1.165, 1.54) is 0 Å². The molecule has 5 heteroatoms. The van der Waals surface area contributed by atoms with E-state index in [4.69, 9.17) is 15.9 Å². The average molecular weight is 165 g/mol. The summed E-state index contributed by atoms with van der Waals surface area (Å²) < 4.78 is 17.4. The van der Waals surface area contributed by atoms with E-state index >= 15 is 0 Å². The SMILES string of the molecule is C[C@H]1O[C@H](O)[C@H](F)[C@@H](O)[C@@H]1N. The molecular formula is C6H12FNO3. The molecule has 1 aliphatic rings. The largest absolute Gasteiger partial charge is 0.388 e. The zero-order valence-electron chi connectivity index (χ0n) is 6.14. The van der Waals surface area contributed by atoms with Gasteiger partial charge in [0, 0.05) is 0 Å². The van der Waals surface area contributed by atoms with Crippen molar-refractivity contribution in [3.05, 3.63) is 0 Å². The van der Waals surface area contributed by atoms with Crippen molar-refractivity contribution < 1.29 is 19.3 Å². The first kappa shape index (κ1) is 8.86. The predicted molar refractivity (Wildman–Crippen MR) is 35.4 cm³/mol. The molecule has 0 saturated carbocycles. The van der Waals surface area contributed by atoms with Crippen LogP contribution >= 0.6 is 0 Å². The van der Waals surface area contributed by atoms with E-state index in [1.807, 2.05) is 0 Å². The number of halogens is 1. The van der Waals surface area contributed by atoms with E-state index in [0.717, 1.165) is 0 Å². The molecule has 4 nitrogen and oxygen atoms in total. The van der Waals surface area contributed by atoms with Crippen LogP contribution in [0.4, 0.5) is 4.39 Å². The van der Waals surface area contributed by atoms with Crippen molar-refractivity contribution in [1.29, 1.82) is 0 Å². The van der Waals surface area contributed by atoms with Crippen molar-refractivity contribution in [2.75, 3.05) is 0 Å². The Labute approximate surface area is 63.8 Å². The lowest BCUT2D eigenvalue weighted by atomic mass is 9.99. The van der Waals surface area contributed by atoms with Crippen LogP contribution in [0, 0.1) is 0 Å². The summed E-state index contributed by atoms with van der Waals surface area (Å²) >= 11 is 0. The molecule has 0 radical (unpaired) electrons. The number of ether oxygens (including phenoxy) is 1. The van der Waals surface area contributed by atoms with Gasteiger partial charge in [-0.2, -0.15) is 0 Å². The van der Waals surface area contributed by atoms with Gasteiger partial charge in [-0.05, 0) is 6.92 Å². The van der Waals surface area contributed by atoms with Crippen molar-refractivity contribution in [2.45, 2.75) is 37.6 Å². The van der Waals surface area contributed by atoms with Crippen molar-refractivity contribution in [1.82, 2.24) is 0 Å². The Morgan fingerprint density at radius 1 is 1.45 bits per heavy atom. The normalized spacial score (nSPS) is 52.6. The maximum absolute atomic E-state index is 12.7. The molecule has 0 amide bonds. The predicted octanol–water partition coefficient (Wildman–Crippen LogP) is -1.25. The Kier molecular flexibility index (Phi) is 2.43. The molecule has 0 unspecified atom stereocenters. The second-order valence-corrected chi connectivity index (χ2v) is 2.74. The van der Waals surface area contributed by atoms with Crippen LogP contribution in [-0.2, 0) is 4.74 Å². The Morgan fingerprint density at radius 2 is 2.00 bits per heavy atom. The molecule has 0 aromatic carbocycles. The molecule has 0 spiro atoms. The summed E-state index contributed by atoms with van der Waals surface area (Å²) in [7, 11) is 0. The third-order valence-electron chi connectivity index (χ3n) is 1.89. The Morgan fingerprint density at radius 3 is 2.55 bits per heavy atom. The number of rotatable bonds is 0. The van der Waals surface area contributed by atoms with E-state index in [1.54, 1.807) is 6.92 Å². The number of aliphatic hydroxyl groups is 2. The molecule has 4 N–H and O–H groups in total. The average Bonchev–Trinajstić information content (AvgIpc) is 1.97. The van der Waals surface area contributed by atoms with Crippen molar-refractivity contribution in [3.63, 3.8) is 0 Å². The summed E-state index contributed by atoms with van der Waals surface area (Å²) in [6.45, 7) is 1.57. The fourth-order valence-electron chi connectivity index (χ4n) is 1.04. The third kappa shape index (κ3) is 1.51. The zero-order chi connectivity index (χ0) is 8.59. The molecule has 0 aromatic rings. The van der Waals surface area contributed by atoms with Gasteiger partial charge >= 0.3 is 0 Å². The summed E-state index contributed by atoms with van der Waals surface area (Å²) in [5.74, 6) is 0. The van der Waals surface area contributed by atoms with Crippen LogP contribution in [-0.4, -0.2) is 40.9 Å². The van der Waals surface area contributed by atoms with Gasteiger partial charge in [0.05, 0.1) is 12.1 Å². The molecule has 1 rings (SSSR count). The van der Waals surface area contributed by atoms with Crippen LogP contribution in [0.25, 0.3) is 0 Å². The summed E-state index contributed by atoms with van der Waals surface area (Å²) in [6, 6.07) is -0.770. The molecule has 1 heterocycles. The second-order valence-electron chi connectivity index (χ2n) is 2.74. The lowest BCUT2D eigenvalue weighted by Gasteiger charge is -2.36. The molecule has 5 atom stereocenters. The quantitative estimate of drug-likeness (QED) is 0.419. The fourth-order valence-corrected chi connectivity index (χ4v) is 1.04. The van der Waals surface area contributed by atoms with Gasteiger partial charge in [-0.3, -0.25) is 0 Å². The van der Waals surface area contributed by atoms with Crippen molar-refractivity contribution in [3.8, 4) is 0 Å². The van der Waals surface area contributed by atoms with Gasteiger partial charge in [0.2, 0.25) is 0 Å². The van der Waals surface area contributed by atoms with Crippen LogP contribution in [0.1, 0.15) is 6.92 Å². The summed E-state index contributed by atoms with van der Waals surface area (Å²) in [6.07, 6.45) is -5.22. The van der Waals surface area contributed by atoms with Gasteiger partial charge in [0.15, 0.2) is 12.5 Å². The second kappa shape index (κ2) is 3.02. The zero-order valence-corrected chi connectivity index (χ0v) is 6.14. The van der Waals surface area contributed by atoms with Crippen LogP contribution < -0.4 is 5.73 Å². The topological polar surface area (TPSA) is 75.7 Å².